The van der Waals surface area contributed by atoms with Crippen molar-refractivity contribution in [1.82, 2.24) is 5.32 Å². The number of nitrogens with one attached hydrogen (secondary N) is 1. The highest BCUT2D eigenvalue weighted by atomic mass is 79.9. The molecular formula is C12H22BrNO. The minimum absolute atomic E-state index is 0.0881. The van der Waals surface area contributed by atoms with E-state index in [1.807, 2.05) is 13.8 Å². The van der Waals surface area contributed by atoms with Crippen molar-refractivity contribution in [2.45, 2.75) is 51.3 Å². The van der Waals surface area contributed by atoms with Crippen molar-refractivity contribution >= 4 is 21.8 Å². The van der Waals surface area contributed by atoms with Gasteiger partial charge in [0.2, 0.25) is 5.91 Å². The maximum absolute atomic E-state index is 11.7. The third kappa shape index (κ3) is 3.47. The van der Waals surface area contributed by atoms with Gasteiger partial charge in [0.1, 0.15) is 0 Å². The number of alkyl halides is 1. The fourth-order valence-corrected chi connectivity index (χ4v) is 2.34. The third-order valence-corrected chi connectivity index (χ3v) is 3.89. The molecule has 1 N–H and O–H groups in total. The number of amides is 1. The van der Waals surface area contributed by atoms with Crippen LogP contribution in [0, 0.1) is 11.3 Å². The van der Waals surface area contributed by atoms with Crippen molar-refractivity contribution in [3.8, 4) is 0 Å². The van der Waals surface area contributed by atoms with E-state index in [0.29, 0.717) is 11.3 Å². The van der Waals surface area contributed by atoms with Crippen molar-refractivity contribution < 1.29 is 4.79 Å². The van der Waals surface area contributed by atoms with Gasteiger partial charge >= 0.3 is 0 Å². The summed E-state index contributed by atoms with van der Waals surface area (Å²) in [6.45, 7) is 9.18. The molecule has 1 saturated carbocycles. The summed E-state index contributed by atoms with van der Waals surface area (Å²) < 4.78 is -0.449. The Balaban J connectivity index is 2.41. The van der Waals surface area contributed by atoms with Crippen LogP contribution in [0.4, 0.5) is 0 Å². The largest absolute Gasteiger partial charge is 0.355 e. The lowest BCUT2D eigenvalue weighted by Crippen LogP contribution is -2.41. The van der Waals surface area contributed by atoms with Gasteiger partial charge in [-0.05, 0) is 38.0 Å². The molecule has 0 radical (unpaired) electrons. The van der Waals surface area contributed by atoms with E-state index < -0.39 is 4.32 Å². The molecule has 0 aromatic rings. The zero-order valence-corrected chi connectivity index (χ0v) is 11.8. The molecule has 1 fully saturated rings. The number of carbonyl (C=O) groups excluding carboxylic acids is 1. The zero-order chi connectivity index (χ0) is 11.7. The van der Waals surface area contributed by atoms with E-state index in [9.17, 15) is 4.79 Å². The quantitative estimate of drug-likeness (QED) is 0.788. The van der Waals surface area contributed by atoms with Crippen LogP contribution in [0.25, 0.3) is 0 Å². The van der Waals surface area contributed by atoms with E-state index in [-0.39, 0.29) is 5.91 Å². The van der Waals surface area contributed by atoms with Gasteiger partial charge in [0.25, 0.3) is 0 Å². The molecule has 1 amide bonds. The second-order valence-electron chi connectivity index (χ2n) is 5.76. The Morgan fingerprint density at radius 1 is 1.53 bits per heavy atom. The van der Waals surface area contributed by atoms with Crippen LogP contribution in [0.2, 0.25) is 0 Å². The van der Waals surface area contributed by atoms with Gasteiger partial charge in [0, 0.05) is 6.54 Å². The van der Waals surface area contributed by atoms with E-state index in [4.69, 9.17) is 0 Å². The summed E-state index contributed by atoms with van der Waals surface area (Å²) in [6.07, 6.45) is 3.83. The number of halogens is 1. The maximum Gasteiger partial charge on any atom is 0.236 e. The summed E-state index contributed by atoms with van der Waals surface area (Å²) in [6, 6.07) is 0. The molecule has 1 atom stereocenters. The average molecular weight is 276 g/mol. The third-order valence-electron chi connectivity index (χ3n) is 3.53. The summed E-state index contributed by atoms with van der Waals surface area (Å²) in [5, 5.41) is 3.03. The first-order valence-electron chi connectivity index (χ1n) is 5.71. The van der Waals surface area contributed by atoms with E-state index >= 15 is 0 Å². The van der Waals surface area contributed by atoms with Gasteiger partial charge in [0.05, 0.1) is 4.32 Å². The molecule has 3 heteroatoms. The van der Waals surface area contributed by atoms with Crippen molar-refractivity contribution in [3.63, 3.8) is 0 Å². The number of hydrogen-bond donors (Lipinski definition) is 1. The smallest absolute Gasteiger partial charge is 0.236 e. The van der Waals surface area contributed by atoms with Crippen molar-refractivity contribution in [2.24, 2.45) is 11.3 Å². The number of hydrogen-bond acceptors (Lipinski definition) is 1. The summed E-state index contributed by atoms with van der Waals surface area (Å²) in [5.74, 6) is 0.724. The summed E-state index contributed by atoms with van der Waals surface area (Å²) in [7, 11) is 0. The Labute approximate surface area is 101 Å². The first-order valence-corrected chi connectivity index (χ1v) is 6.50. The van der Waals surface area contributed by atoms with Gasteiger partial charge < -0.3 is 5.32 Å². The molecule has 0 bridgehead atoms. The fourth-order valence-electron chi connectivity index (χ4n) is 2.20. The summed E-state index contributed by atoms with van der Waals surface area (Å²) in [5.41, 5.74) is 0.393. The van der Waals surface area contributed by atoms with Crippen LogP contribution in [-0.2, 0) is 4.79 Å². The molecule has 1 aliphatic carbocycles. The molecule has 2 nitrogen and oxygen atoms in total. The van der Waals surface area contributed by atoms with Gasteiger partial charge in [0.15, 0.2) is 0 Å². The average Bonchev–Trinajstić information content (AvgIpc) is 2.39. The maximum atomic E-state index is 11.7. The normalized spacial score (nSPS) is 25.3. The predicted octanol–water partition coefficient (Wildman–Crippen LogP) is 3.10. The molecule has 88 valence electrons. The molecule has 0 aromatic carbocycles. The van der Waals surface area contributed by atoms with Crippen molar-refractivity contribution in [2.75, 3.05) is 6.54 Å². The molecular weight excluding hydrogens is 254 g/mol. The summed E-state index contributed by atoms with van der Waals surface area (Å²) in [4.78, 5) is 11.7. The first kappa shape index (κ1) is 13.0. The highest BCUT2D eigenvalue weighted by molar-refractivity contribution is 9.10. The fraction of sp³-hybridized carbons (Fsp3) is 0.917. The molecule has 0 heterocycles. The minimum atomic E-state index is -0.449. The number of carbonyl (C=O) groups is 1. The lowest BCUT2D eigenvalue weighted by atomic mass is 9.82. The van der Waals surface area contributed by atoms with Gasteiger partial charge in [-0.2, -0.15) is 0 Å². The van der Waals surface area contributed by atoms with Gasteiger partial charge in [-0.15, -0.1) is 0 Å². The topological polar surface area (TPSA) is 29.1 Å². The van der Waals surface area contributed by atoms with Crippen LogP contribution in [0.3, 0.4) is 0 Å². The lowest BCUT2D eigenvalue weighted by Gasteiger charge is -2.28. The standard InChI is InChI=1S/C12H22BrNO/c1-11(2)7-5-6-9(11)8-14-10(15)12(3,4)13/h9H,5-8H2,1-4H3,(H,14,15). The van der Waals surface area contributed by atoms with E-state index in [0.717, 1.165) is 6.54 Å². The van der Waals surface area contributed by atoms with Crippen LogP contribution in [0.1, 0.15) is 47.0 Å². The van der Waals surface area contributed by atoms with Crippen molar-refractivity contribution in [1.29, 1.82) is 0 Å². The Hall–Kier alpha value is -0.0500. The lowest BCUT2D eigenvalue weighted by molar-refractivity contribution is -0.122. The molecule has 1 rings (SSSR count). The Bertz CT molecular complexity index is 242. The monoisotopic (exact) mass is 275 g/mol. The minimum Gasteiger partial charge on any atom is -0.355 e. The van der Waals surface area contributed by atoms with Crippen LogP contribution < -0.4 is 5.32 Å². The summed E-state index contributed by atoms with van der Waals surface area (Å²) >= 11 is 3.37. The molecule has 15 heavy (non-hydrogen) atoms. The van der Waals surface area contributed by atoms with E-state index in [2.05, 4.69) is 35.1 Å². The second kappa shape index (κ2) is 4.44. The van der Waals surface area contributed by atoms with Gasteiger partial charge in [-0.25, -0.2) is 0 Å². The Morgan fingerprint density at radius 2 is 2.13 bits per heavy atom. The molecule has 1 unspecified atom stereocenters. The van der Waals surface area contributed by atoms with Crippen LogP contribution in [-0.4, -0.2) is 16.8 Å². The van der Waals surface area contributed by atoms with Crippen LogP contribution >= 0.6 is 15.9 Å². The van der Waals surface area contributed by atoms with Gasteiger partial charge in [-0.1, -0.05) is 36.2 Å². The zero-order valence-electron chi connectivity index (χ0n) is 10.2. The Morgan fingerprint density at radius 3 is 2.53 bits per heavy atom. The molecule has 0 spiro atoms. The van der Waals surface area contributed by atoms with E-state index in [1.54, 1.807) is 0 Å². The highest BCUT2D eigenvalue weighted by Crippen LogP contribution is 2.42. The molecule has 1 aliphatic rings. The van der Waals surface area contributed by atoms with Crippen LogP contribution in [0.15, 0.2) is 0 Å². The van der Waals surface area contributed by atoms with Crippen LogP contribution in [0.5, 0.6) is 0 Å². The molecule has 0 saturated heterocycles. The predicted molar refractivity (Wildman–Crippen MR) is 67.1 cm³/mol. The molecule has 0 aromatic heterocycles. The first-order chi connectivity index (χ1) is 6.73. The van der Waals surface area contributed by atoms with E-state index in [1.165, 1.54) is 19.3 Å². The van der Waals surface area contributed by atoms with Crippen molar-refractivity contribution in [3.05, 3.63) is 0 Å². The second-order valence-corrected chi connectivity index (χ2v) is 7.74. The van der Waals surface area contributed by atoms with Gasteiger partial charge in [-0.3, -0.25) is 4.79 Å². The number of rotatable bonds is 3. The SMILES string of the molecule is CC(C)(Br)C(=O)NCC1CCCC1(C)C. The highest BCUT2D eigenvalue weighted by Gasteiger charge is 2.35. The molecule has 0 aliphatic heterocycles. The Kier molecular flexibility index (Phi) is 3.85.